The second-order valence-corrected chi connectivity index (χ2v) is 8.60. The molecule has 0 bridgehead atoms. The summed E-state index contributed by atoms with van der Waals surface area (Å²) in [5.41, 5.74) is 2.54. The number of nitrogens with zero attached hydrogens (tertiary/aromatic N) is 3. The molecule has 10 heteroatoms. The molecule has 0 unspecified atom stereocenters. The van der Waals surface area contributed by atoms with Gasteiger partial charge in [-0.2, -0.15) is 0 Å². The number of hydrogen-bond donors (Lipinski definition) is 0. The van der Waals surface area contributed by atoms with Gasteiger partial charge in [0, 0.05) is 12.6 Å². The van der Waals surface area contributed by atoms with Crippen molar-refractivity contribution in [3.05, 3.63) is 68.3 Å². The van der Waals surface area contributed by atoms with Crippen molar-refractivity contribution in [2.75, 3.05) is 0 Å². The second kappa shape index (κ2) is 12.2. The van der Waals surface area contributed by atoms with E-state index in [0.29, 0.717) is 43.6 Å². The third-order valence-corrected chi connectivity index (χ3v) is 4.56. The van der Waals surface area contributed by atoms with Gasteiger partial charge in [0.1, 0.15) is 11.4 Å². The van der Waals surface area contributed by atoms with Gasteiger partial charge < -0.3 is 0 Å². The Bertz CT molecular complexity index is 916. The summed E-state index contributed by atoms with van der Waals surface area (Å²) in [6, 6.07) is 10.5. The van der Waals surface area contributed by atoms with Crippen molar-refractivity contribution >= 4 is 96.1 Å². The van der Waals surface area contributed by atoms with Crippen molar-refractivity contribution in [1.82, 2.24) is 0 Å². The molecule has 3 rings (SSSR count). The summed E-state index contributed by atoms with van der Waals surface area (Å²) >= 11 is 24.6. The predicted octanol–water partition coefficient (Wildman–Crippen LogP) is 8.51. The zero-order valence-electron chi connectivity index (χ0n) is 13.9. The number of halogens is 6. The molecular formula is C18H11Cl6FeN3. The third-order valence-electron chi connectivity index (χ3n) is 3.34. The normalized spacial score (nSPS) is 13.6. The van der Waals surface area contributed by atoms with Crippen LogP contribution in [0.2, 0.25) is 20.1 Å². The summed E-state index contributed by atoms with van der Waals surface area (Å²) in [6.07, 6.45) is 5.84. The SMILES string of the molecule is Clc1cccc(Cl)c1N=CC1=CCC(C=Nc2c(Cl)cccc2Cl)=N1.[Cl][Fe][Cl]. The van der Waals surface area contributed by atoms with E-state index >= 15 is 0 Å². The molecule has 148 valence electrons. The van der Waals surface area contributed by atoms with Crippen molar-refractivity contribution in [3.63, 3.8) is 0 Å². The zero-order valence-corrected chi connectivity index (χ0v) is 19.5. The molecule has 1 aliphatic rings. The van der Waals surface area contributed by atoms with Gasteiger partial charge in [0.15, 0.2) is 0 Å². The van der Waals surface area contributed by atoms with E-state index in [9.17, 15) is 0 Å². The molecule has 0 spiro atoms. The Balaban J connectivity index is 0.000000878. The maximum absolute atomic E-state index is 6.09. The molecule has 0 amide bonds. The molecule has 0 N–H and O–H groups in total. The Labute approximate surface area is 197 Å². The molecule has 2 aromatic rings. The van der Waals surface area contributed by atoms with E-state index in [1.165, 1.54) is 0 Å². The molecule has 0 saturated heterocycles. The molecule has 1 aliphatic heterocycles. The first kappa shape index (κ1) is 23.7. The molecule has 28 heavy (non-hydrogen) atoms. The van der Waals surface area contributed by atoms with E-state index in [2.05, 4.69) is 15.0 Å². The molecule has 1 heterocycles. The molecule has 0 atom stereocenters. The van der Waals surface area contributed by atoms with E-state index in [0.717, 1.165) is 5.71 Å². The summed E-state index contributed by atoms with van der Waals surface area (Å²) in [6.45, 7) is 0. The summed E-state index contributed by atoms with van der Waals surface area (Å²) < 4.78 is 0. The number of benzene rings is 2. The first-order chi connectivity index (χ1) is 13.5. The predicted molar refractivity (Wildman–Crippen MR) is 121 cm³/mol. The van der Waals surface area contributed by atoms with Crippen LogP contribution in [0.3, 0.4) is 0 Å². The summed E-state index contributed by atoms with van der Waals surface area (Å²) in [4.78, 5) is 13.1. The number of aliphatic imine (C=N–C) groups is 3. The van der Waals surface area contributed by atoms with Crippen molar-refractivity contribution in [2.45, 2.75) is 6.42 Å². The Morgan fingerprint density at radius 1 is 0.786 bits per heavy atom. The van der Waals surface area contributed by atoms with Crippen LogP contribution in [-0.2, 0) is 13.1 Å². The van der Waals surface area contributed by atoms with Crippen LogP contribution in [0.25, 0.3) is 0 Å². The second-order valence-electron chi connectivity index (χ2n) is 5.14. The van der Waals surface area contributed by atoms with E-state index in [1.54, 1.807) is 48.8 Å². The van der Waals surface area contributed by atoms with Crippen LogP contribution < -0.4 is 0 Å². The van der Waals surface area contributed by atoms with Gasteiger partial charge in [0.05, 0.1) is 37.7 Å². The van der Waals surface area contributed by atoms with Crippen LogP contribution in [0.15, 0.2) is 63.1 Å². The van der Waals surface area contributed by atoms with Crippen molar-refractivity contribution in [2.24, 2.45) is 15.0 Å². The number of para-hydroxylation sites is 2. The van der Waals surface area contributed by atoms with Crippen LogP contribution in [0, 0.1) is 0 Å². The average Bonchev–Trinajstić information content (AvgIpc) is 3.09. The average molecular weight is 538 g/mol. The molecule has 0 aromatic heterocycles. The fraction of sp³-hybridized carbons (Fsp3) is 0.0556. The van der Waals surface area contributed by atoms with Crippen LogP contribution in [0.4, 0.5) is 11.4 Å². The Kier molecular flexibility index (Phi) is 10.4. The van der Waals surface area contributed by atoms with Crippen molar-refractivity contribution in [1.29, 1.82) is 0 Å². The first-order valence-corrected chi connectivity index (χ1v) is 12.1. The Morgan fingerprint density at radius 3 is 1.68 bits per heavy atom. The van der Waals surface area contributed by atoms with Gasteiger partial charge in [-0.3, -0.25) is 15.0 Å². The minimum absolute atomic E-state index is 0.194. The monoisotopic (exact) mass is 535 g/mol. The first-order valence-electron chi connectivity index (χ1n) is 7.55. The van der Waals surface area contributed by atoms with E-state index in [1.807, 2.05) is 6.08 Å². The maximum atomic E-state index is 6.09. The van der Waals surface area contributed by atoms with Crippen LogP contribution in [0.1, 0.15) is 6.42 Å². The van der Waals surface area contributed by atoms with E-state index in [4.69, 9.17) is 66.6 Å². The molecule has 0 saturated carbocycles. The summed E-state index contributed by atoms with van der Waals surface area (Å²) in [5.74, 6) is 0. The van der Waals surface area contributed by atoms with Crippen molar-refractivity contribution < 1.29 is 13.1 Å². The number of allylic oxidation sites excluding steroid dienone is 2. The minimum atomic E-state index is 0.194. The van der Waals surface area contributed by atoms with Crippen LogP contribution >= 0.6 is 66.6 Å². The third kappa shape index (κ3) is 7.05. The molecule has 0 fully saturated rings. The fourth-order valence-corrected chi connectivity index (χ4v) is 3.11. The van der Waals surface area contributed by atoms with Crippen LogP contribution in [-0.4, -0.2) is 18.1 Å². The van der Waals surface area contributed by atoms with E-state index < -0.39 is 0 Å². The van der Waals surface area contributed by atoms with Gasteiger partial charge in [-0.15, -0.1) is 0 Å². The Morgan fingerprint density at radius 2 is 1.21 bits per heavy atom. The fourth-order valence-electron chi connectivity index (χ4n) is 2.12. The van der Waals surface area contributed by atoms with Gasteiger partial charge in [-0.1, -0.05) is 64.6 Å². The van der Waals surface area contributed by atoms with E-state index in [-0.39, 0.29) is 13.1 Å². The summed E-state index contributed by atoms with van der Waals surface area (Å²) in [5, 5.41) is 1.96. The molecular weight excluding hydrogens is 527 g/mol. The summed E-state index contributed by atoms with van der Waals surface area (Å²) in [7, 11) is 9.53. The molecule has 0 aliphatic carbocycles. The molecule has 3 nitrogen and oxygen atoms in total. The van der Waals surface area contributed by atoms with Crippen molar-refractivity contribution in [3.8, 4) is 0 Å². The molecule has 2 aromatic carbocycles. The van der Waals surface area contributed by atoms with Gasteiger partial charge in [-0.05, 0) is 24.3 Å². The number of rotatable bonds is 4. The standard InChI is InChI=1S/C18H11Cl4N3.2ClH.Fe/c19-13-3-1-4-14(20)17(13)23-9-11-7-8-12(25-11)10-24-18-15(21)5-2-6-16(18)22;;;/h1-7,9-10H,8H2;2*1H;/q;;;+2/p-2. The quantitative estimate of drug-likeness (QED) is 0.277. The van der Waals surface area contributed by atoms with Gasteiger partial charge in [0.25, 0.3) is 0 Å². The zero-order chi connectivity index (χ0) is 20.5. The number of hydrogen-bond acceptors (Lipinski definition) is 3. The Hall–Kier alpha value is -0.551. The topological polar surface area (TPSA) is 37.1 Å². The van der Waals surface area contributed by atoms with Gasteiger partial charge in [-0.25, -0.2) is 0 Å². The molecule has 0 radical (unpaired) electrons. The van der Waals surface area contributed by atoms with Crippen LogP contribution in [0.5, 0.6) is 0 Å². The van der Waals surface area contributed by atoms with Gasteiger partial charge in [0.2, 0.25) is 0 Å². The van der Waals surface area contributed by atoms with Gasteiger partial charge >= 0.3 is 33.3 Å².